The normalized spacial score (nSPS) is 18.7. The van der Waals surface area contributed by atoms with Gasteiger partial charge in [0.05, 0.1) is 5.69 Å². The summed E-state index contributed by atoms with van der Waals surface area (Å²) in [6.45, 7) is 2.17. The molecule has 4 nitrogen and oxygen atoms in total. The van der Waals surface area contributed by atoms with Crippen LogP contribution in [0.2, 0.25) is 0 Å². The minimum Gasteiger partial charge on any atom is -0.356 e. The molecule has 5 N–H and O–H groups in total. The van der Waals surface area contributed by atoms with Gasteiger partial charge in [0.2, 0.25) is 0 Å². The number of hydrogen-bond acceptors (Lipinski definition) is 3. The lowest BCUT2D eigenvalue weighted by Gasteiger charge is -2.34. The summed E-state index contributed by atoms with van der Waals surface area (Å²) in [6.07, 6.45) is 2.76. The Morgan fingerprint density at radius 1 is 1.19 bits per heavy atom. The standard InChI is InChI=1S/C21H22BrN3O/c1-2-12-9-17-16-10-14(19(26)13-3-6-15(22)7-4-13)5-8-18(16)25-20(17)21(23,24)11-12/h3-8,10,12,25H,2,9,11,23-24H2,1H3. The van der Waals surface area contributed by atoms with Gasteiger partial charge in [0.15, 0.2) is 5.78 Å². The largest absolute Gasteiger partial charge is 0.356 e. The monoisotopic (exact) mass is 411 g/mol. The van der Waals surface area contributed by atoms with E-state index in [-0.39, 0.29) is 5.78 Å². The van der Waals surface area contributed by atoms with Gasteiger partial charge >= 0.3 is 0 Å². The van der Waals surface area contributed by atoms with E-state index in [1.807, 2.05) is 42.5 Å². The lowest BCUT2D eigenvalue weighted by Crippen LogP contribution is -2.50. The lowest BCUT2D eigenvalue weighted by atomic mass is 9.79. The summed E-state index contributed by atoms with van der Waals surface area (Å²) in [4.78, 5) is 16.3. The van der Waals surface area contributed by atoms with Crippen LogP contribution >= 0.6 is 15.9 Å². The molecule has 0 saturated carbocycles. The van der Waals surface area contributed by atoms with Crippen molar-refractivity contribution in [3.8, 4) is 0 Å². The molecule has 1 unspecified atom stereocenters. The highest BCUT2D eigenvalue weighted by atomic mass is 79.9. The van der Waals surface area contributed by atoms with E-state index in [1.165, 1.54) is 0 Å². The molecule has 3 aromatic rings. The van der Waals surface area contributed by atoms with E-state index in [2.05, 4.69) is 27.8 Å². The molecule has 0 radical (unpaired) electrons. The highest BCUT2D eigenvalue weighted by molar-refractivity contribution is 9.10. The molecule has 2 aromatic carbocycles. The number of aromatic amines is 1. The van der Waals surface area contributed by atoms with Crippen molar-refractivity contribution < 1.29 is 4.79 Å². The summed E-state index contributed by atoms with van der Waals surface area (Å²) in [5.41, 5.74) is 16.4. The lowest BCUT2D eigenvalue weighted by molar-refractivity contribution is 0.103. The van der Waals surface area contributed by atoms with Crippen LogP contribution in [0.25, 0.3) is 10.9 Å². The Morgan fingerprint density at radius 3 is 2.58 bits per heavy atom. The summed E-state index contributed by atoms with van der Waals surface area (Å²) in [5.74, 6) is 0.478. The summed E-state index contributed by atoms with van der Waals surface area (Å²) < 4.78 is 0.956. The number of ketones is 1. The second-order valence-electron chi connectivity index (χ2n) is 7.30. The molecule has 1 aromatic heterocycles. The van der Waals surface area contributed by atoms with Gasteiger partial charge in [-0.2, -0.15) is 0 Å². The van der Waals surface area contributed by atoms with Gasteiger partial charge in [-0.1, -0.05) is 29.3 Å². The number of carbonyl (C=O) groups excluding carboxylic acids is 1. The van der Waals surface area contributed by atoms with Crippen LogP contribution < -0.4 is 11.5 Å². The molecule has 0 aliphatic heterocycles. The number of aromatic nitrogens is 1. The molecular weight excluding hydrogens is 390 g/mol. The first-order chi connectivity index (χ1) is 12.4. The van der Waals surface area contributed by atoms with Crippen LogP contribution in [0, 0.1) is 5.92 Å². The molecule has 1 aliphatic carbocycles. The number of nitrogens with two attached hydrogens (primary N) is 2. The quantitative estimate of drug-likeness (QED) is 0.445. The summed E-state index contributed by atoms with van der Waals surface area (Å²) >= 11 is 3.40. The molecule has 1 heterocycles. The highest BCUT2D eigenvalue weighted by Crippen LogP contribution is 2.38. The maximum Gasteiger partial charge on any atom is 0.193 e. The minimum atomic E-state index is -0.844. The Morgan fingerprint density at radius 2 is 1.88 bits per heavy atom. The Balaban J connectivity index is 1.80. The zero-order valence-electron chi connectivity index (χ0n) is 14.7. The maximum absolute atomic E-state index is 12.9. The predicted molar refractivity (Wildman–Crippen MR) is 108 cm³/mol. The van der Waals surface area contributed by atoms with E-state index in [4.69, 9.17) is 11.5 Å². The Bertz CT molecular complexity index is 988. The number of halogens is 1. The smallest absolute Gasteiger partial charge is 0.193 e. The zero-order valence-corrected chi connectivity index (χ0v) is 16.3. The van der Waals surface area contributed by atoms with Crippen LogP contribution in [0.3, 0.4) is 0 Å². The first-order valence-electron chi connectivity index (χ1n) is 8.92. The molecule has 26 heavy (non-hydrogen) atoms. The van der Waals surface area contributed by atoms with Crippen LogP contribution in [-0.2, 0) is 12.1 Å². The van der Waals surface area contributed by atoms with Crippen molar-refractivity contribution in [2.24, 2.45) is 17.4 Å². The average molecular weight is 412 g/mol. The molecule has 4 rings (SSSR count). The number of fused-ring (bicyclic) bond motifs is 3. The molecule has 0 bridgehead atoms. The Labute approximate surface area is 161 Å². The van der Waals surface area contributed by atoms with Gasteiger partial charge in [0, 0.05) is 26.5 Å². The van der Waals surface area contributed by atoms with Crippen molar-refractivity contribution >= 4 is 32.6 Å². The van der Waals surface area contributed by atoms with Crippen molar-refractivity contribution in [3.05, 3.63) is 69.3 Å². The number of H-pyrrole nitrogens is 1. The number of nitrogens with one attached hydrogen (secondary N) is 1. The molecule has 1 aliphatic rings. The van der Waals surface area contributed by atoms with E-state index in [9.17, 15) is 4.79 Å². The molecule has 0 fully saturated rings. The van der Waals surface area contributed by atoms with Gasteiger partial charge in [0.1, 0.15) is 5.66 Å². The van der Waals surface area contributed by atoms with E-state index < -0.39 is 5.66 Å². The minimum absolute atomic E-state index is 0.0176. The Hall–Kier alpha value is -1.95. The molecule has 134 valence electrons. The third-order valence-electron chi connectivity index (χ3n) is 5.44. The van der Waals surface area contributed by atoms with Crippen LogP contribution in [-0.4, -0.2) is 10.8 Å². The Kier molecular flexibility index (Phi) is 4.26. The van der Waals surface area contributed by atoms with Gasteiger partial charge in [-0.25, -0.2) is 0 Å². The first-order valence-corrected chi connectivity index (χ1v) is 9.71. The fourth-order valence-corrected chi connectivity index (χ4v) is 4.26. The molecule has 0 saturated heterocycles. The van der Waals surface area contributed by atoms with Crippen molar-refractivity contribution in [2.45, 2.75) is 31.8 Å². The third kappa shape index (κ3) is 2.90. The van der Waals surface area contributed by atoms with Gasteiger partial charge in [-0.05, 0) is 66.8 Å². The van der Waals surface area contributed by atoms with Crippen LogP contribution in [0.15, 0.2) is 46.9 Å². The summed E-state index contributed by atoms with van der Waals surface area (Å²) in [7, 11) is 0. The fraction of sp³-hybridized carbons (Fsp3) is 0.286. The zero-order chi connectivity index (χ0) is 18.5. The van der Waals surface area contributed by atoms with Gasteiger partial charge in [-0.15, -0.1) is 0 Å². The van der Waals surface area contributed by atoms with Gasteiger partial charge in [-0.3, -0.25) is 4.79 Å². The van der Waals surface area contributed by atoms with Crippen molar-refractivity contribution in [2.75, 3.05) is 0 Å². The number of hydrogen-bond donors (Lipinski definition) is 3. The summed E-state index contributed by atoms with van der Waals surface area (Å²) in [5, 5.41) is 1.06. The first kappa shape index (κ1) is 17.5. The van der Waals surface area contributed by atoms with Gasteiger partial charge in [0.25, 0.3) is 0 Å². The van der Waals surface area contributed by atoms with Crippen LogP contribution in [0.5, 0.6) is 0 Å². The van der Waals surface area contributed by atoms with Crippen LogP contribution in [0.1, 0.15) is 46.9 Å². The number of carbonyl (C=O) groups is 1. The molecular formula is C21H22BrN3O. The predicted octanol–water partition coefficient (Wildman–Crippen LogP) is 4.20. The maximum atomic E-state index is 12.9. The number of benzene rings is 2. The van der Waals surface area contributed by atoms with E-state index in [0.717, 1.165) is 45.9 Å². The summed E-state index contributed by atoms with van der Waals surface area (Å²) in [6, 6.07) is 13.2. The fourth-order valence-electron chi connectivity index (χ4n) is 4.00. The third-order valence-corrected chi connectivity index (χ3v) is 5.97. The molecule has 0 spiro atoms. The molecule has 5 heteroatoms. The van der Waals surface area contributed by atoms with Crippen molar-refractivity contribution in [3.63, 3.8) is 0 Å². The van der Waals surface area contributed by atoms with E-state index in [0.29, 0.717) is 17.0 Å². The highest BCUT2D eigenvalue weighted by Gasteiger charge is 2.36. The number of rotatable bonds is 3. The SMILES string of the molecule is CCC1Cc2c([nH]c3ccc(C(=O)c4ccc(Br)cc4)cc23)C(N)(N)C1. The molecule has 0 amide bonds. The van der Waals surface area contributed by atoms with Crippen molar-refractivity contribution in [1.29, 1.82) is 0 Å². The average Bonchev–Trinajstić information content (AvgIpc) is 3.00. The molecule has 1 atom stereocenters. The van der Waals surface area contributed by atoms with E-state index in [1.54, 1.807) is 0 Å². The second kappa shape index (κ2) is 6.34. The topological polar surface area (TPSA) is 84.9 Å². The van der Waals surface area contributed by atoms with Gasteiger partial charge < -0.3 is 16.5 Å². The van der Waals surface area contributed by atoms with E-state index >= 15 is 0 Å². The van der Waals surface area contributed by atoms with Crippen molar-refractivity contribution in [1.82, 2.24) is 4.98 Å². The van der Waals surface area contributed by atoms with Crippen LogP contribution in [0.4, 0.5) is 0 Å². The second-order valence-corrected chi connectivity index (χ2v) is 8.21.